The predicted molar refractivity (Wildman–Crippen MR) is 132 cm³/mol. The zero-order chi connectivity index (χ0) is 24.7. The molecular weight excluding hydrogens is 453 g/mol. The molecule has 0 saturated carbocycles. The zero-order valence-corrected chi connectivity index (χ0v) is 20.2. The van der Waals surface area contributed by atoms with Gasteiger partial charge in [-0.2, -0.15) is 0 Å². The number of amides is 2. The fraction of sp³-hybridized carbons (Fsp3) is 0.280. The van der Waals surface area contributed by atoms with Crippen LogP contribution in [0.1, 0.15) is 54.5 Å². The van der Waals surface area contributed by atoms with Crippen LogP contribution < -0.4 is 10.6 Å². The first-order chi connectivity index (χ1) is 16.3. The van der Waals surface area contributed by atoms with Crippen molar-refractivity contribution < 1.29 is 14.0 Å². The summed E-state index contributed by atoms with van der Waals surface area (Å²) in [5.74, 6) is -0.399. The SMILES string of the molecule is C=CCn1c(SCC(=O)Nc2ccccc2C(C)C)nnc1[C@H](C)NC(=O)c1ccccc1F. The molecule has 34 heavy (non-hydrogen) atoms. The van der Waals surface area contributed by atoms with E-state index in [2.05, 4.69) is 41.3 Å². The van der Waals surface area contributed by atoms with Crippen LogP contribution in [0.25, 0.3) is 0 Å². The highest BCUT2D eigenvalue weighted by atomic mass is 32.2. The van der Waals surface area contributed by atoms with Gasteiger partial charge in [0.15, 0.2) is 11.0 Å². The molecule has 2 N–H and O–H groups in total. The fourth-order valence-corrected chi connectivity index (χ4v) is 4.20. The second kappa shape index (κ2) is 11.6. The van der Waals surface area contributed by atoms with Crippen LogP contribution >= 0.6 is 11.8 Å². The van der Waals surface area contributed by atoms with Gasteiger partial charge in [0.25, 0.3) is 5.91 Å². The quantitative estimate of drug-likeness (QED) is 0.316. The van der Waals surface area contributed by atoms with Gasteiger partial charge in [0.2, 0.25) is 5.91 Å². The van der Waals surface area contributed by atoms with Gasteiger partial charge in [0.1, 0.15) is 5.82 Å². The number of aromatic nitrogens is 3. The van der Waals surface area contributed by atoms with Gasteiger partial charge < -0.3 is 15.2 Å². The Labute approximate surface area is 202 Å². The highest BCUT2D eigenvalue weighted by Gasteiger charge is 2.21. The molecule has 0 aliphatic rings. The lowest BCUT2D eigenvalue weighted by Crippen LogP contribution is -2.29. The smallest absolute Gasteiger partial charge is 0.254 e. The van der Waals surface area contributed by atoms with E-state index in [0.717, 1.165) is 11.3 Å². The molecule has 0 aliphatic carbocycles. The minimum atomic E-state index is -0.596. The standard InChI is InChI=1S/C25H28FN5O2S/c1-5-14-31-23(17(4)27-24(33)19-11-6-8-12-20(19)26)29-30-25(31)34-15-22(32)28-21-13-9-7-10-18(21)16(2)3/h5-13,16-17H,1,14-15H2,2-4H3,(H,27,33)(H,28,32)/t17-/m0/s1. The molecule has 1 atom stereocenters. The van der Waals surface area contributed by atoms with Crippen molar-refractivity contribution in [3.63, 3.8) is 0 Å². The van der Waals surface area contributed by atoms with Crippen molar-refractivity contribution in [1.29, 1.82) is 0 Å². The van der Waals surface area contributed by atoms with Crippen molar-refractivity contribution >= 4 is 29.3 Å². The van der Waals surface area contributed by atoms with Gasteiger partial charge in [-0.25, -0.2) is 4.39 Å². The highest BCUT2D eigenvalue weighted by Crippen LogP contribution is 2.25. The Morgan fingerprint density at radius 3 is 2.53 bits per heavy atom. The summed E-state index contributed by atoms with van der Waals surface area (Å²) >= 11 is 1.24. The second-order valence-electron chi connectivity index (χ2n) is 7.99. The molecule has 178 valence electrons. The molecule has 2 amide bonds. The molecule has 7 nitrogen and oxygen atoms in total. The molecule has 0 unspecified atom stereocenters. The van der Waals surface area contributed by atoms with E-state index in [1.165, 1.54) is 30.0 Å². The lowest BCUT2D eigenvalue weighted by atomic mass is 10.0. The van der Waals surface area contributed by atoms with Crippen LogP contribution in [0.3, 0.4) is 0 Å². The third kappa shape index (κ3) is 6.11. The number of anilines is 1. The van der Waals surface area contributed by atoms with Gasteiger partial charge in [-0.1, -0.05) is 62.0 Å². The maximum Gasteiger partial charge on any atom is 0.254 e. The summed E-state index contributed by atoms with van der Waals surface area (Å²) in [5.41, 5.74) is 1.82. The van der Waals surface area contributed by atoms with Crippen LogP contribution in [0.5, 0.6) is 0 Å². The van der Waals surface area contributed by atoms with Crippen LogP contribution in [-0.4, -0.2) is 32.3 Å². The number of hydrogen-bond donors (Lipinski definition) is 2. The van der Waals surface area contributed by atoms with Crippen molar-refractivity contribution in [3.8, 4) is 0 Å². The van der Waals surface area contributed by atoms with E-state index in [9.17, 15) is 14.0 Å². The lowest BCUT2D eigenvalue weighted by molar-refractivity contribution is -0.113. The van der Waals surface area contributed by atoms with Crippen LogP contribution in [0, 0.1) is 5.82 Å². The average molecular weight is 482 g/mol. The van der Waals surface area contributed by atoms with E-state index >= 15 is 0 Å². The minimum Gasteiger partial charge on any atom is -0.342 e. The zero-order valence-electron chi connectivity index (χ0n) is 19.4. The Hall–Kier alpha value is -3.46. The van der Waals surface area contributed by atoms with Crippen molar-refractivity contribution in [3.05, 3.63) is 84.0 Å². The van der Waals surface area contributed by atoms with Gasteiger partial charge in [0, 0.05) is 12.2 Å². The summed E-state index contributed by atoms with van der Waals surface area (Å²) in [6.45, 7) is 10.1. The summed E-state index contributed by atoms with van der Waals surface area (Å²) < 4.78 is 15.7. The van der Waals surface area contributed by atoms with Gasteiger partial charge in [-0.05, 0) is 36.6 Å². The number of para-hydroxylation sites is 1. The maximum atomic E-state index is 13.9. The summed E-state index contributed by atoms with van der Waals surface area (Å²) in [4.78, 5) is 25.1. The van der Waals surface area contributed by atoms with E-state index in [0.29, 0.717) is 17.5 Å². The molecule has 0 bridgehead atoms. The summed E-state index contributed by atoms with van der Waals surface area (Å²) in [6.07, 6.45) is 1.68. The topological polar surface area (TPSA) is 88.9 Å². The number of halogens is 1. The summed E-state index contributed by atoms with van der Waals surface area (Å²) in [5, 5.41) is 14.6. The Balaban J connectivity index is 1.69. The number of nitrogens with one attached hydrogen (secondary N) is 2. The normalized spacial score (nSPS) is 11.8. The number of nitrogens with zero attached hydrogens (tertiary/aromatic N) is 3. The molecule has 0 aliphatic heterocycles. The average Bonchev–Trinajstić information content (AvgIpc) is 3.21. The van der Waals surface area contributed by atoms with Gasteiger partial charge in [0.05, 0.1) is 17.4 Å². The number of rotatable bonds is 10. The number of hydrogen-bond acceptors (Lipinski definition) is 5. The van der Waals surface area contributed by atoms with Crippen molar-refractivity contribution in [1.82, 2.24) is 20.1 Å². The molecule has 0 fully saturated rings. The molecule has 3 rings (SSSR count). The fourth-order valence-electron chi connectivity index (χ4n) is 3.44. The molecule has 1 heterocycles. The largest absolute Gasteiger partial charge is 0.342 e. The summed E-state index contributed by atoms with van der Waals surface area (Å²) in [7, 11) is 0. The van der Waals surface area contributed by atoms with Crippen LogP contribution in [0.2, 0.25) is 0 Å². The molecule has 0 spiro atoms. The van der Waals surface area contributed by atoms with E-state index in [1.54, 1.807) is 23.6 Å². The molecule has 2 aromatic carbocycles. The highest BCUT2D eigenvalue weighted by molar-refractivity contribution is 7.99. The number of benzene rings is 2. The number of carbonyl (C=O) groups is 2. The number of allylic oxidation sites excluding steroid dienone is 1. The second-order valence-corrected chi connectivity index (χ2v) is 8.94. The van der Waals surface area contributed by atoms with E-state index in [1.807, 2.05) is 24.3 Å². The molecule has 0 radical (unpaired) electrons. The maximum absolute atomic E-state index is 13.9. The first-order valence-corrected chi connectivity index (χ1v) is 11.9. The van der Waals surface area contributed by atoms with Gasteiger partial charge >= 0.3 is 0 Å². The minimum absolute atomic E-state index is 0.0444. The monoisotopic (exact) mass is 481 g/mol. The molecule has 3 aromatic rings. The lowest BCUT2D eigenvalue weighted by Gasteiger charge is -2.16. The Kier molecular flexibility index (Phi) is 8.59. The molecule has 0 saturated heterocycles. The Morgan fingerprint density at radius 2 is 1.82 bits per heavy atom. The Morgan fingerprint density at radius 1 is 1.12 bits per heavy atom. The van der Waals surface area contributed by atoms with E-state index in [4.69, 9.17) is 0 Å². The molecular formula is C25H28FN5O2S. The molecule has 1 aromatic heterocycles. The van der Waals surface area contributed by atoms with Crippen molar-refractivity contribution in [2.24, 2.45) is 0 Å². The summed E-state index contributed by atoms with van der Waals surface area (Å²) in [6, 6.07) is 13.0. The van der Waals surface area contributed by atoms with Crippen LogP contribution in [0.15, 0.2) is 66.3 Å². The van der Waals surface area contributed by atoms with Gasteiger partial charge in [-0.15, -0.1) is 16.8 Å². The predicted octanol–water partition coefficient (Wildman–Crippen LogP) is 4.95. The van der Waals surface area contributed by atoms with Crippen LogP contribution in [0.4, 0.5) is 10.1 Å². The Bertz CT molecular complexity index is 1180. The number of carbonyl (C=O) groups excluding carboxylic acids is 2. The first-order valence-electron chi connectivity index (χ1n) is 10.9. The molecule has 9 heteroatoms. The first kappa shape index (κ1) is 25.2. The number of thioether (sulfide) groups is 1. The third-order valence-electron chi connectivity index (χ3n) is 5.10. The van der Waals surface area contributed by atoms with E-state index in [-0.39, 0.29) is 23.1 Å². The van der Waals surface area contributed by atoms with Crippen LogP contribution in [-0.2, 0) is 11.3 Å². The van der Waals surface area contributed by atoms with Crippen molar-refractivity contribution in [2.45, 2.75) is 44.4 Å². The third-order valence-corrected chi connectivity index (χ3v) is 6.07. The van der Waals surface area contributed by atoms with E-state index < -0.39 is 17.8 Å². The van der Waals surface area contributed by atoms with Gasteiger partial charge in [-0.3, -0.25) is 9.59 Å². The van der Waals surface area contributed by atoms with Crippen molar-refractivity contribution in [2.75, 3.05) is 11.1 Å².